The van der Waals surface area contributed by atoms with Crippen molar-refractivity contribution in [1.29, 1.82) is 0 Å². The second-order valence-corrected chi connectivity index (χ2v) is 7.27. The highest BCUT2D eigenvalue weighted by Crippen LogP contribution is 2.34. The number of carbonyl (C=O) groups excluding carboxylic acids is 1. The largest absolute Gasteiger partial charge is 0.506 e. The van der Waals surface area contributed by atoms with E-state index in [1.54, 1.807) is 22.6 Å². The van der Waals surface area contributed by atoms with Crippen LogP contribution >= 0.6 is 34.4 Å². The molecule has 1 heterocycles. The number of nitrogens with zero attached hydrogens (tertiary/aromatic N) is 2. The highest BCUT2D eigenvalue weighted by Gasteiger charge is 2.25. The molecule has 132 valence electrons. The molecule has 1 aliphatic rings. The number of carbonyl (C=O) groups is 1. The molecule has 2 aromatic carbocycles. The van der Waals surface area contributed by atoms with E-state index in [9.17, 15) is 24.4 Å². The number of nitrogens with one attached hydrogen (secondary N) is 1. The molecule has 1 amide bonds. The Hall–Kier alpha value is -2.47. The molecule has 3 rings (SSSR count). The van der Waals surface area contributed by atoms with Crippen molar-refractivity contribution in [3.8, 4) is 5.75 Å². The molecule has 2 N–H and O–H groups in total. The Kier molecular flexibility index (Phi) is 5.23. The fourth-order valence-electron chi connectivity index (χ4n) is 2.08. The van der Waals surface area contributed by atoms with Crippen molar-refractivity contribution in [2.45, 2.75) is 0 Å². The number of amidine groups is 1. The molecule has 1 aliphatic heterocycles. The van der Waals surface area contributed by atoms with Gasteiger partial charge in [-0.1, -0.05) is 0 Å². The number of benzene rings is 2. The van der Waals surface area contributed by atoms with Gasteiger partial charge in [0.2, 0.25) is 0 Å². The summed E-state index contributed by atoms with van der Waals surface area (Å²) >= 11 is 2.79. The normalized spacial score (nSPS) is 16.9. The van der Waals surface area contributed by atoms with Crippen LogP contribution in [0.1, 0.15) is 5.56 Å². The maximum absolute atomic E-state index is 12.9. The summed E-state index contributed by atoms with van der Waals surface area (Å²) in [6, 6.07) is 7.85. The highest BCUT2D eigenvalue weighted by molar-refractivity contribution is 14.1. The maximum atomic E-state index is 12.9. The van der Waals surface area contributed by atoms with Crippen LogP contribution in [0.5, 0.6) is 5.75 Å². The molecule has 0 spiro atoms. The lowest BCUT2D eigenvalue weighted by atomic mass is 10.1. The van der Waals surface area contributed by atoms with Crippen LogP contribution in [-0.4, -0.2) is 21.1 Å². The minimum absolute atomic E-state index is 0.152. The Morgan fingerprint density at radius 3 is 2.65 bits per heavy atom. The first-order valence-electron chi connectivity index (χ1n) is 7.05. The number of nitro groups is 1. The first-order chi connectivity index (χ1) is 12.3. The van der Waals surface area contributed by atoms with E-state index in [0.717, 1.165) is 11.8 Å². The molecule has 0 aliphatic carbocycles. The molecule has 2 aromatic rings. The predicted molar refractivity (Wildman–Crippen MR) is 105 cm³/mol. The van der Waals surface area contributed by atoms with Gasteiger partial charge in [-0.25, -0.2) is 9.38 Å². The number of rotatable bonds is 3. The van der Waals surface area contributed by atoms with E-state index in [0.29, 0.717) is 9.26 Å². The number of phenols is 1. The van der Waals surface area contributed by atoms with Gasteiger partial charge in [0, 0.05) is 17.7 Å². The highest BCUT2D eigenvalue weighted by atomic mass is 127. The van der Waals surface area contributed by atoms with Crippen LogP contribution in [0, 0.1) is 19.5 Å². The summed E-state index contributed by atoms with van der Waals surface area (Å²) in [5, 5.41) is 23.9. The molecule has 0 aromatic heterocycles. The number of thioether (sulfide) groups is 1. The van der Waals surface area contributed by atoms with E-state index < -0.39 is 16.6 Å². The number of hydrogen-bond donors (Lipinski definition) is 2. The van der Waals surface area contributed by atoms with Gasteiger partial charge in [-0.2, -0.15) is 0 Å². The summed E-state index contributed by atoms with van der Waals surface area (Å²) in [6.07, 6.45) is 1.36. The summed E-state index contributed by atoms with van der Waals surface area (Å²) in [7, 11) is 0. The van der Waals surface area contributed by atoms with E-state index in [-0.39, 0.29) is 27.1 Å². The summed E-state index contributed by atoms with van der Waals surface area (Å²) in [5.41, 5.74) is 0.426. The van der Waals surface area contributed by atoms with Crippen molar-refractivity contribution in [2.75, 3.05) is 0 Å². The van der Waals surface area contributed by atoms with Crippen LogP contribution in [0.15, 0.2) is 46.3 Å². The fraction of sp³-hybridized carbons (Fsp3) is 0. The Morgan fingerprint density at radius 2 is 2.00 bits per heavy atom. The molecule has 0 bridgehead atoms. The second kappa shape index (κ2) is 7.41. The van der Waals surface area contributed by atoms with Crippen LogP contribution in [0.3, 0.4) is 0 Å². The number of hydrogen-bond acceptors (Lipinski definition) is 6. The van der Waals surface area contributed by atoms with E-state index in [2.05, 4.69) is 10.3 Å². The zero-order valence-electron chi connectivity index (χ0n) is 12.8. The molecule has 0 saturated carbocycles. The Morgan fingerprint density at radius 1 is 1.31 bits per heavy atom. The third-order valence-electron chi connectivity index (χ3n) is 3.28. The van der Waals surface area contributed by atoms with Crippen molar-refractivity contribution in [2.24, 2.45) is 4.99 Å². The smallest absolute Gasteiger partial charge is 0.271 e. The number of phenolic OH excluding ortho intramolecular Hbond substituents is 1. The first kappa shape index (κ1) is 18.3. The van der Waals surface area contributed by atoms with Crippen molar-refractivity contribution < 1.29 is 19.2 Å². The lowest BCUT2D eigenvalue weighted by molar-refractivity contribution is -0.385. The molecular formula is C16H9FIN3O4S. The van der Waals surface area contributed by atoms with Crippen LogP contribution < -0.4 is 5.32 Å². The molecule has 0 radical (unpaired) electrons. The van der Waals surface area contributed by atoms with Crippen LogP contribution in [0.2, 0.25) is 0 Å². The molecule has 10 heteroatoms. The standard InChI is InChI=1S/C16H9FIN3O4S/c17-9-1-3-10(4-2-9)19-16-20-15(23)13(26-16)6-8-5-11(21(24)25)7-12(18)14(8)22/h1-7,22H,(H,19,20,23)/b13-6+. The summed E-state index contributed by atoms with van der Waals surface area (Å²) < 4.78 is 13.2. The molecule has 26 heavy (non-hydrogen) atoms. The van der Waals surface area contributed by atoms with Crippen LogP contribution in [-0.2, 0) is 4.79 Å². The average Bonchev–Trinajstić information content (AvgIpc) is 2.93. The maximum Gasteiger partial charge on any atom is 0.271 e. The average molecular weight is 485 g/mol. The molecule has 1 saturated heterocycles. The fourth-order valence-corrected chi connectivity index (χ4v) is 3.54. The van der Waals surface area contributed by atoms with Gasteiger partial charge in [-0.15, -0.1) is 0 Å². The second-order valence-electron chi connectivity index (χ2n) is 5.08. The van der Waals surface area contributed by atoms with Gasteiger partial charge < -0.3 is 10.4 Å². The minimum Gasteiger partial charge on any atom is -0.506 e. The molecule has 0 unspecified atom stereocenters. The third kappa shape index (κ3) is 4.02. The number of aliphatic imine (C=N–C) groups is 1. The molecule has 7 nitrogen and oxygen atoms in total. The van der Waals surface area contributed by atoms with Gasteiger partial charge in [-0.3, -0.25) is 14.9 Å². The zero-order chi connectivity index (χ0) is 18.8. The number of halogens is 2. The molecule has 1 fully saturated rings. The molecule has 0 atom stereocenters. The zero-order valence-corrected chi connectivity index (χ0v) is 15.7. The van der Waals surface area contributed by atoms with Crippen molar-refractivity contribution in [3.05, 3.63) is 66.4 Å². The Balaban J connectivity index is 1.92. The summed E-state index contributed by atoms with van der Waals surface area (Å²) in [4.78, 5) is 26.9. The van der Waals surface area contributed by atoms with Crippen LogP contribution in [0.25, 0.3) is 6.08 Å². The van der Waals surface area contributed by atoms with E-state index >= 15 is 0 Å². The van der Waals surface area contributed by atoms with E-state index in [1.807, 2.05) is 0 Å². The molecular weight excluding hydrogens is 476 g/mol. The number of amides is 1. The van der Waals surface area contributed by atoms with Crippen molar-refractivity contribution >= 4 is 62.9 Å². The lowest BCUT2D eigenvalue weighted by Gasteiger charge is -2.03. The first-order valence-corrected chi connectivity index (χ1v) is 8.95. The summed E-state index contributed by atoms with van der Waals surface area (Å²) in [6.45, 7) is 0. The number of aromatic hydroxyl groups is 1. The quantitative estimate of drug-likeness (QED) is 0.297. The topological polar surface area (TPSA) is 105 Å². The van der Waals surface area contributed by atoms with Crippen molar-refractivity contribution in [3.63, 3.8) is 0 Å². The number of nitro benzene ring substituents is 1. The van der Waals surface area contributed by atoms with Gasteiger partial charge in [0.05, 0.1) is 19.1 Å². The Labute approximate surface area is 164 Å². The monoisotopic (exact) mass is 485 g/mol. The van der Waals surface area contributed by atoms with Gasteiger partial charge >= 0.3 is 0 Å². The SMILES string of the molecule is O=C1NC(=Nc2ccc(F)cc2)S/C1=C/c1cc([N+](=O)[O-])cc(I)c1O. The van der Waals surface area contributed by atoms with Gasteiger partial charge in [0.1, 0.15) is 11.6 Å². The lowest BCUT2D eigenvalue weighted by Crippen LogP contribution is -2.19. The van der Waals surface area contributed by atoms with E-state index in [4.69, 9.17) is 0 Å². The van der Waals surface area contributed by atoms with Crippen LogP contribution in [0.4, 0.5) is 15.8 Å². The van der Waals surface area contributed by atoms with Gasteiger partial charge in [0.15, 0.2) is 5.17 Å². The van der Waals surface area contributed by atoms with Gasteiger partial charge in [-0.05, 0) is 64.7 Å². The van der Waals surface area contributed by atoms with Gasteiger partial charge in [0.25, 0.3) is 11.6 Å². The van der Waals surface area contributed by atoms with E-state index in [1.165, 1.54) is 42.5 Å². The Bertz CT molecular complexity index is 976. The summed E-state index contributed by atoms with van der Waals surface area (Å²) in [5.74, 6) is -0.994. The predicted octanol–water partition coefficient (Wildman–Crippen LogP) is 3.94. The number of non-ortho nitro benzene ring substituents is 1. The van der Waals surface area contributed by atoms with Crippen molar-refractivity contribution in [1.82, 2.24) is 5.32 Å². The third-order valence-corrected chi connectivity index (χ3v) is 5.02. The minimum atomic E-state index is -0.576.